The molecule has 6 rings (SSSR count). The first-order valence-corrected chi connectivity index (χ1v) is 13.6. The summed E-state index contributed by atoms with van der Waals surface area (Å²) >= 11 is 0. The topological polar surface area (TPSA) is 65.2 Å². The molecule has 0 heterocycles. The zero-order valence-corrected chi connectivity index (χ0v) is 23.0. The van der Waals surface area contributed by atoms with Crippen molar-refractivity contribution >= 4 is 45.3 Å². The van der Waals surface area contributed by atoms with E-state index in [1.807, 2.05) is 84.9 Å². The minimum atomic E-state index is -0.230. The van der Waals surface area contributed by atoms with Gasteiger partial charge < -0.3 is 10.2 Å². The lowest BCUT2D eigenvalue weighted by Gasteiger charge is -2.26. The second kappa shape index (κ2) is 10.7. The van der Waals surface area contributed by atoms with Gasteiger partial charge in [0.1, 0.15) is 11.5 Å². The number of hydrogen-bond acceptors (Lipinski definition) is 4. The molecule has 0 saturated carbocycles. The predicted molar refractivity (Wildman–Crippen MR) is 171 cm³/mol. The normalized spacial score (nSPS) is 12.1. The molecule has 0 amide bonds. The van der Waals surface area contributed by atoms with E-state index in [0.29, 0.717) is 11.1 Å². The summed E-state index contributed by atoms with van der Waals surface area (Å²) < 4.78 is 0. The summed E-state index contributed by atoms with van der Waals surface area (Å²) in [4.78, 5) is 9.29. The van der Waals surface area contributed by atoms with Crippen LogP contribution in [0.15, 0.2) is 131 Å². The number of hydrogen-bond donors (Lipinski definition) is 2. The third kappa shape index (κ3) is 5.20. The molecule has 0 aliphatic rings. The standard InChI is InChI=1S/C37H30N2O2/c1-37(2,27-13-17-29(18-14-27)38-23-33-31-9-5-3-7-25(31)11-21-35(33)40)28-15-19-30(20-16-28)39-24-34-32-10-6-4-8-26(32)12-22-36(34)41/h3-24,40-41H,1-2H3. The zero-order chi connectivity index (χ0) is 28.4. The Labute approximate surface area is 239 Å². The molecule has 0 aliphatic heterocycles. The van der Waals surface area contributed by atoms with Gasteiger partial charge in [0, 0.05) is 29.0 Å². The molecule has 0 saturated heterocycles. The fraction of sp³-hybridized carbons (Fsp3) is 0.0811. The van der Waals surface area contributed by atoms with Gasteiger partial charge in [0.15, 0.2) is 0 Å². The number of nitrogens with zero attached hydrogens (tertiary/aromatic N) is 2. The van der Waals surface area contributed by atoms with Crippen LogP contribution >= 0.6 is 0 Å². The van der Waals surface area contributed by atoms with Crippen molar-refractivity contribution < 1.29 is 10.2 Å². The maximum Gasteiger partial charge on any atom is 0.124 e. The van der Waals surface area contributed by atoms with Crippen LogP contribution in [0.25, 0.3) is 21.5 Å². The van der Waals surface area contributed by atoms with E-state index in [0.717, 1.165) is 32.9 Å². The van der Waals surface area contributed by atoms with Crippen LogP contribution < -0.4 is 0 Å². The molecule has 0 atom stereocenters. The first-order chi connectivity index (χ1) is 19.9. The molecule has 2 N–H and O–H groups in total. The van der Waals surface area contributed by atoms with Gasteiger partial charge in [-0.25, -0.2) is 0 Å². The summed E-state index contributed by atoms with van der Waals surface area (Å²) in [6, 6.07) is 39.6. The van der Waals surface area contributed by atoms with Gasteiger partial charge in [-0.2, -0.15) is 0 Å². The summed E-state index contributed by atoms with van der Waals surface area (Å²) in [6.07, 6.45) is 3.46. The molecule has 41 heavy (non-hydrogen) atoms. The zero-order valence-electron chi connectivity index (χ0n) is 23.0. The Hall–Kier alpha value is -5.22. The Balaban J connectivity index is 1.20. The maximum absolute atomic E-state index is 10.4. The highest BCUT2D eigenvalue weighted by molar-refractivity contribution is 6.03. The molecule has 6 aromatic carbocycles. The van der Waals surface area contributed by atoms with E-state index in [1.54, 1.807) is 24.6 Å². The number of phenolic OH excluding ortho intramolecular Hbond substituents is 2. The van der Waals surface area contributed by atoms with Gasteiger partial charge in [0.05, 0.1) is 11.4 Å². The fourth-order valence-electron chi connectivity index (χ4n) is 5.21. The fourth-order valence-corrected chi connectivity index (χ4v) is 5.21. The molecular formula is C37H30N2O2. The molecule has 0 aromatic heterocycles. The minimum absolute atomic E-state index is 0.215. The van der Waals surface area contributed by atoms with Crippen molar-refractivity contribution in [2.45, 2.75) is 19.3 Å². The van der Waals surface area contributed by atoms with Crippen molar-refractivity contribution in [3.63, 3.8) is 0 Å². The third-order valence-electron chi connectivity index (χ3n) is 7.76. The van der Waals surface area contributed by atoms with Crippen LogP contribution in [0, 0.1) is 0 Å². The quantitative estimate of drug-likeness (QED) is 0.209. The molecular weight excluding hydrogens is 504 g/mol. The first kappa shape index (κ1) is 26.0. The van der Waals surface area contributed by atoms with E-state index in [1.165, 1.54) is 11.1 Å². The van der Waals surface area contributed by atoms with Crippen LogP contribution in [0.4, 0.5) is 11.4 Å². The number of aromatic hydroxyl groups is 2. The summed E-state index contributed by atoms with van der Waals surface area (Å²) in [7, 11) is 0. The average molecular weight is 535 g/mol. The largest absolute Gasteiger partial charge is 0.507 e. The smallest absolute Gasteiger partial charge is 0.124 e. The first-order valence-electron chi connectivity index (χ1n) is 13.6. The average Bonchev–Trinajstić information content (AvgIpc) is 3.00. The molecule has 0 spiro atoms. The SMILES string of the molecule is CC(C)(c1ccc(N=Cc2c(O)ccc3ccccc23)cc1)c1ccc(N=Cc2c(O)ccc3ccccc23)cc1. The number of benzene rings is 6. The molecule has 0 aliphatic carbocycles. The lowest BCUT2D eigenvalue weighted by atomic mass is 9.78. The van der Waals surface area contributed by atoms with Gasteiger partial charge in [0.2, 0.25) is 0 Å². The van der Waals surface area contributed by atoms with Crippen molar-refractivity contribution in [3.8, 4) is 11.5 Å². The van der Waals surface area contributed by atoms with E-state index >= 15 is 0 Å². The molecule has 200 valence electrons. The van der Waals surface area contributed by atoms with Crippen LogP contribution in [0.5, 0.6) is 11.5 Å². The van der Waals surface area contributed by atoms with E-state index in [2.05, 4.69) is 48.1 Å². The van der Waals surface area contributed by atoms with Gasteiger partial charge in [-0.3, -0.25) is 9.98 Å². The lowest BCUT2D eigenvalue weighted by Crippen LogP contribution is -2.18. The van der Waals surface area contributed by atoms with E-state index in [9.17, 15) is 10.2 Å². The van der Waals surface area contributed by atoms with Crippen LogP contribution in [-0.2, 0) is 5.41 Å². The summed E-state index contributed by atoms with van der Waals surface area (Å²) in [5.74, 6) is 0.429. The van der Waals surface area contributed by atoms with Crippen molar-refractivity contribution in [1.29, 1.82) is 0 Å². The van der Waals surface area contributed by atoms with Crippen LogP contribution in [-0.4, -0.2) is 22.6 Å². The van der Waals surface area contributed by atoms with E-state index in [4.69, 9.17) is 0 Å². The van der Waals surface area contributed by atoms with Gasteiger partial charge in [-0.05, 0) is 69.1 Å². The summed E-state index contributed by atoms with van der Waals surface area (Å²) in [5, 5.41) is 24.9. The van der Waals surface area contributed by atoms with Crippen molar-refractivity contribution in [1.82, 2.24) is 0 Å². The second-order valence-electron chi connectivity index (χ2n) is 10.7. The van der Waals surface area contributed by atoms with Crippen LogP contribution in [0.3, 0.4) is 0 Å². The van der Waals surface area contributed by atoms with Crippen LogP contribution in [0.2, 0.25) is 0 Å². The number of fused-ring (bicyclic) bond motifs is 2. The van der Waals surface area contributed by atoms with Gasteiger partial charge in [-0.15, -0.1) is 0 Å². The van der Waals surface area contributed by atoms with E-state index in [-0.39, 0.29) is 16.9 Å². The third-order valence-corrected chi connectivity index (χ3v) is 7.76. The van der Waals surface area contributed by atoms with Gasteiger partial charge >= 0.3 is 0 Å². The highest BCUT2D eigenvalue weighted by Gasteiger charge is 2.23. The van der Waals surface area contributed by atoms with Crippen molar-refractivity contribution in [2.24, 2.45) is 9.98 Å². The van der Waals surface area contributed by atoms with Gasteiger partial charge in [-0.1, -0.05) is 98.8 Å². The highest BCUT2D eigenvalue weighted by Crippen LogP contribution is 2.34. The molecule has 0 unspecified atom stereocenters. The Morgan fingerprint density at radius 2 is 0.878 bits per heavy atom. The predicted octanol–water partition coefficient (Wildman–Crippen LogP) is 9.23. The highest BCUT2D eigenvalue weighted by atomic mass is 16.3. The minimum Gasteiger partial charge on any atom is -0.507 e. The Morgan fingerprint density at radius 3 is 1.29 bits per heavy atom. The van der Waals surface area contributed by atoms with Crippen molar-refractivity contribution in [2.75, 3.05) is 0 Å². The second-order valence-corrected chi connectivity index (χ2v) is 10.7. The Bertz CT molecular complexity index is 1780. The van der Waals surface area contributed by atoms with Crippen molar-refractivity contribution in [3.05, 3.63) is 144 Å². The summed E-state index contributed by atoms with van der Waals surface area (Å²) in [5.41, 5.74) is 5.17. The molecule has 0 radical (unpaired) electrons. The molecule has 0 fully saturated rings. The maximum atomic E-state index is 10.4. The van der Waals surface area contributed by atoms with Crippen LogP contribution in [0.1, 0.15) is 36.1 Å². The number of rotatable bonds is 6. The summed E-state index contributed by atoms with van der Waals surface area (Å²) in [6.45, 7) is 4.40. The molecule has 6 aromatic rings. The molecule has 4 nitrogen and oxygen atoms in total. The number of aliphatic imine (C=N–C) groups is 2. The Morgan fingerprint density at radius 1 is 0.488 bits per heavy atom. The Kier molecular flexibility index (Phi) is 6.82. The lowest BCUT2D eigenvalue weighted by molar-refractivity contribution is 0.475. The molecule has 4 heteroatoms. The van der Waals surface area contributed by atoms with Gasteiger partial charge in [0.25, 0.3) is 0 Å². The molecule has 0 bridgehead atoms. The monoisotopic (exact) mass is 534 g/mol. The van der Waals surface area contributed by atoms with E-state index < -0.39 is 0 Å². The number of phenols is 2.